The summed E-state index contributed by atoms with van der Waals surface area (Å²) >= 11 is 0. The molecule has 2 atom stereocenters. The van der Waals surface area contributed by atoms with Crippen LogP contribution in [0.25, 0.3) is 0 Å². The molecule has 122 valence electrons. The lowest BCUT2D eigenvalue weighted by atomic mass is 9.94. The van der Waals surface area contributed by atoms with E-state index in [4.69, 9.17) is 4.74 Å². The van der Waals surface area contributed by atoms with Gasteiger partial charge in [-0.1, -0.05) is 48.5 Å². The van der Waals surface area contributed by atoms with Gasteiger partial charge in [-0.15, -0.1) is 0 Å². The lowest BCUT2D eigenvalue weighted by molar-refractivity contribution is -0.266. The zero-order chi connectivity index (χ0) is 16.1. The van der Waals surface area contributed by atoms with Crippen LogP contribution in [-0.2, 0) is 16.9 Å². The van der Waals surface area contributed by atoms with Gasteiger partial charge in [0.05, 0.1) is 12.6 Å². The van der Waals surface area contributed by atoms with Crippen LogP contribution in [-0.4, -0.2) is 35.1 Å². The van der Waals surface area contributed by atoms with Crippen molar-refractivity contribution in [3.8, 4) is 0 Å². The molecule has 0 aromatic heterocycles. The van der Waals surface area contributed by atoms with E-state index in [-0.39, 0.29) is 5.91 Å². The monoisotopic (exact) mass is 320 g/mol. The van der Waals surface area contributed by atoms with Gasteiger partial charge in [-0.05, 0) is 24.5 Å². The Kier molecular flexibility index (Phi) is 3.05. The van der Waals surface area contributed by atoms with Crippen molar-refractivity contribution in [2.24, 2.45) is 0 Å². The highest BCUT2D eigenvalue weighted by Gasteiger charge is 2.57. The van der Waals surface area contributed by atoms with Crippen LogP contribution in [0.4, 0.5) is 0 Å². The Hall–Kier alpha value is -2.17. The molecule has 0 radical (unpaired) electrons. The first-order valence-corrected chi connectivity index (χ1v) is 8.68. The van der Waals surface area contributed by atoms with E-state index < -0.39 is 5.72 Å². The lowest BCUT2D eigenvalue weighted by Crippen LogP contribution is -2.63. The van der Waals surface area contributed by atoms with E-state index in [1.165, 1.54) is 5.56 Å². The quantitative estimate of drug-likeness (QED) is 0.853. The molecule has 24 heavy (non-hydrogen) atoms. The number of nitrogens with zero attached hydrogens (tertiary/aromatic N) is 2. The van der Waals surface area contributed by atoms with E-state index in [1.807, 2.05) is 47.5 Å². The summed E-state index contributed by atoms with van der Waals surface area (Å²) in [6.45, 7) is 1.62. The minimum absolute atomic E-state index is 0.0770. The average Bonchev–Trinajstić information content (AvgIpc) is 3.18. The predicted octanol–water partition coefficient (Wildman–Crippen LogP) is 2.95. The highest BCUT2D eigenvalue weighted by Crippen LogP contribution is 2.48. The fourth-order valence-corrected chi connectivity index (χ4v) is 4.45. The van der Waals surface area contributed by atoms with E-state index in [0.717, 1.165) is 30.5 Å². The van der Waals surface area contributed by atoms with Gasteiger partial charge in [0.1, 0.15) is 0 Å². The van der Waals surface area contributed by atoms with Gasteiger partial charge in [-0.25, -0.2) is 10.0 Å². The van der Waals surface area contributed by atoms with Gasteiger partial charge in [0.25, 0.3) is 5.91 Å². The van der Waals surface area contributed by atoms with Crippen LogP contribution in [0.15, 0.2) is 54.6 Å². The van der Waals surface area contributed by atoms with Crippen LogP contribution in [0.2, 0.25) is 0 Å². The second-order valence-corrected chi connectivity index (χ2v) is 6.88. The summed E-state index contributed by atoms with van der Waals surface area (Å²) in [5, 5.41) is 4.18. The van der Waals surface area contributed by atoms with E-state index in [0.29, 0.717) is 19.1 Å². The fraction of sp³-hybridized carbons (Fsp3) is 0.350. The molecule has 4 heteroatoms. The third-order valence-electron chi connectivity index (χ3n) is 5.52. The molecule has 0 aliphatic carbocycles. The Labute approximate surface area is 141 Å². The van der Waals surface area contributed by atoms with Gasteiger partial charge in [0, 0.05) is 24.1 Å². The fourth-order valence-electron chi connectivity index (χ4n) is 4.45. The molecular weight excluding hydrogens is 300 g/mol. The van der Waals surface area contributed by atoms with Crippen LogP contribution < -0.4 is 0 Å². The molecule has 3 aliphatic heterocycles. The molecule has 3 heterocycles. The largest absolute Gasteiger partial charge is 0.348 e. The maximum Gasteiger partial charge on any atom is 0.271 e. The third-order valence-corrected chi connectivity index (χ3v) is 5.52. The van der Waals surface area contributed by atoms with Crippen molar-refractivity contribution in [1.29, 1.82) is 0 Å². The molecule has 0 N–H and O–H groups in total. The van der Waals surface area contributed by atoms with Crippen molar-refractivity contribution >= 4 is 5.91 Å². The molecule has 0 saturated carbocycles. The SMILES string of the molecule is O=C1c2ccccc2[C@@]2(Cc3ccccc3)OC[C@@H]3CCCN3N12. The first-order chi connectivity index (χ1) is 11.8. The summed E-state index contributed by atoms with van der Waals surface area (Å²) in [7, 11) is 0. The number of carbonyl (C=O) groups excluding carboxylic acids is 1. The third kappa shape index (κ3) is 1.84. The first kappa shape index (κ1) is 14.2. The Morgan fingerprint density at radius 1 is 1.08 bits per heavy atom. The normalized spacial score (nSPS) is 28.6. The molecule has 2 aromatic carbocycles. The van der Waals surface area contributed by atoms with Crippen LogP contribution >= 0.6 is 0 Å². The van der Waals surface area contributed by atoms with Gasteiger partial charge in [-0.2, -0.15) is 0 Å². The molecule has 2 aromatic rings. The zero-order valence-corrected chi connectivity index (χ0v) is 13.5. The Morgan fingerprint density at radius 2 is 1.88 bits per heavy atom. The summed E-state index contributed by atoms with van der Waals surface area (Å²) < 4.78 is 6.47. The number of fused-ring (bicyclic) bond motifs is 5. The molecular formula is C20H20N2O2. The van der Waals surface area contributed by atoms with Crippen molar-refractivity contribution in [3.05, 3.63) is 71.3 Å². The van der Waals surface area contributed by atoms with Gasteiger partial charge >= 0.3 is 0 Å². The number of hydrogen-bond donors (Lipinski definition) is 0. The summed E-state index contributed by atoms with van der Waals surface area (Å²) in [6, 6.07) is 18.6. The number of carbonyl (C=O) groups is 1. The molecule has 0 unspecified atom stereocenters. The van der Waals surface area contributed by atoms with Crippen molar-refractivity contribution in [2.75, 3.05) is 13.2 Å². The van der Waals surface area contributed by atoms with Crippen LogP contribution in [0.5, 0.6) is 0 Å². The standard InChI is InChI=1S/C20H20N2O2/c23-19-17-10-4-5-11-18(17)20(13-15-7-2-1-3-8-15)22(19)21-12-6-9-16(21)14-24-20/h1-5,7-8,10-11,16H,6,9,12-14H2/t16-,20+/m0/s1. The van der Waals surface area contributed by atoms with Crippen LogP contribution in [0.1, 0.15) is 34.3 Å². The van der Waals surface area contributed by atoms with Crippen molar-refractivity contribution in [3.63, 3.8) is 0 Å². The number of ether oxygens (including phenoxy) is 1. The zero-order valence-electron chi connectivity index (χ0n) is 13.5. The summed E-state index contributed by atoms with van der Waals surface area (Å²) in [4.78, 5) is 13.2. The van der Waals surface area contributed by atoms with E-state index >= 15 is 0 Å². The number of rotatable bonds is 2. The number of benzene rings is 2. The van der Waals surface area contributed by atoms with Crippen LogP contribution in [0, 0.1) is 0 Å². The van der Waals surface area contributed by atoms with E-state index in [9.17, 15) is 4.79 Å². The Morgan fingerprint density at radius 3 is 2.75 bits per heavy atom. The second-order valence-electron chi connectivity index (χ2n) is 6.88. The van der Waals surface area contributed by atoms with Gasteiger partial charge in [0.2, 0.25) is 0 Å². The second kappa shape index (κ2) is 5.16. The minimum atomic E-state index is -0.699. The van der Waals surface area contributed by atoms with Crippen molar-refractivity contribution < 1.29 is 9.53 Å². The number of hydrazine groups is 1. The summed E-state index contributed by atoms with van der Waals surface area (Å²) in [5.41, 5.74) is 2.27. The molecule has 5 rings (SSSR count). The van der Waals surface area contributed by atoms with Gasteiger partial charge < -0.3 is 4.74 Å². The van der Waals surface area contributed by atoms with Crippen molar-refractivity contribution in [2.45, 2.75) is 31.0 Å². The Bertz CT molecular complexity index is 791. The molecule has 3 aliphatic rings. The van der Waals surface area contributed by atoms with Crippen molar-refractivity contribution in [1.82, 2.24) is 10.0 Å². The Balaban J connectivity index is 1.66. The van der Waals surface area contributed by atoms with E-state index in [1.54, 1.807) is 0 Å². The first-order valence-electron chi connectivity index (χ1n) is 8.68. The number of hydrogen-bond acceptors (Lipinski definition) is 3. The molecule has 0 spiro atoms. The maximum atomic E-state index is 13.2. The van der Waals surface area contributed by atoms with Crippen LogP contribution in [0.3, 0.4) is 0 Å². The molecule has 2 saturated heterocycles. The predicted molar refractivity (Wildman–Crippen MR) is 90.1 cm³/mol. The number of amides is 1. The summed E-state index contributed by atoms with van der Waals surface area (Å²) in [6.07, 6.45) is 2.90. The lowest BCUT2D eigenvalue weighted by Gasteiger charge is -2.50. The highest BCUT2D eigenvalue weighted by atomic mass is 16.5. The van der Waals surface area contributed by atoms with E-state index in [2.05, 4.69) is 17.1 Å². The van der Waals surface area contributed by atoms with Gasteiger partial charge in [-0.3, -0.25) is 4.79 Å². The smallest absolute Gasteiger partial charge is 0.271 e. The molecule has 0 bridgehead atoms. The topological polar surface area (TPSA) is 32.8 Å². The minimum Gasteiger partial charge on any atom is -0.348 e. The van der Waals surface area contributed by atoms with Gasteiger partial charge in [0.15, 0.2) is 5.72 Å². The highest BCUT2D eigenvalue weighted by molar-refractivity contribution is 5.99. The maximum absolute atomic E-state index is 13.2. The average molecular weight is 320 g/mol. The summed E-state index contributed by atoms with van der Waals surface area (Å²) in [5.74, 6) is 0.0770. The molecule has 2 fully saturated rings. The molecule has 4 nitrogen and oxygen atoms in total. The molecule has 1 amide bonds.